The molecule has 0 radical (unpaired) electrons. The predicted molar refractivity (Wildman–Crippen MR) is 116 cm³/mol. The van der Waals surface area contributed by atoms with Crippen molar-refractivity contribution in [2.45, 2.75) is 73.3 Å². The topological polar surface area (TPSA) is 51.7 Å². The van der Waals surface area contributed by atoms with E-state index in [0.29, 0.717) is 12.3 Å². The van der Waals surface area contributed by atoms with E-state index >= 15 is 0 Å². The van der Waals surface area contributed by atoms with Crippen molar-refractivity contribution in [3.05, 3.63) is 40.6 Å². The molecule has 0 bridgehead atoms. The third-order valence-corrected chi connectivity index (χ3v) is 5.54. The largest absolute Gasteiger partial charge is 0.490 e. The molecule has 0 spiro atoms. The third-order valence-electron chi connectivity index (χ3n) is 5.54. The Morgan fingerprint density at radius 2 is 1.72 bits per heavy atom. The molecule has 1 aliphatic rings. The van der Waals surface area contributed by atoms with Crippen molar-refractivity contribution in [2.75, 3.05) is 11.4 Å². The fraction of sp³-hybridized carbons (Fsp3) is 0.500. The van der Waals surface area contributed by atoms with Crippen molar-refractivity contribution >= 4 is 11.6 Å². The van der Waals surface area contributed by atoms with Gasteiger partial charge in [-0.1, -0.05) is 13.8 Å². The third kappa shape index (κ3) is 4.55. The molecule has 29 heavy (non-hydrogen) atoms. The first-order valence-corrected chi connectivity index (χ1v) is 10.6. The number of pyridine rings is 1. The number of nitrogens with zero attached hydrogens (tertiary/aromatic N) is 2. The van der Waals surface area contributed by atoms with E-state index in [2.05, 4.69) is 18.8 Å². The lowest BCUT2D eigenvalue weighted by Crippen LogP contribution is -2.23. The summed E-state index contributed by atoms with van der Waals surface area (Å²) in [7, 11) is 0. The van der Waals surface area contributed by atoms with Gasteiger partial charge in [0.1, 0.15) is 11.5 Å². The highest BCUT2D eigenvalue weighted by molar-refractivity contribution is 5.95. The molecule has 3 rings (SSSR count). The summed E-state index contributed by atoms with van der Waals surface area (Å²) < 4.78 is 12.5. The van der Waals surface area contributed by atoms with Crippen molar-refractivity contribution in [1.29, 1.82) is 0 Å². The van der Waals surface area contributed by atoms with Crippen LogP contribution in [0.3, 0.4) is 0 Å². The van der Waals surface area contributed by atoms with E-state index < -0.39 is 0 Å². The Kier molecular flexibility index (Phi) is 6.46. The van der Waals surface area contributed by atoms with Crippen molar-refractivity contribution in [3.63, 3.8) is 0 Å². The van der Waals surface area contributed by atoms with Crippen molar-refractivity contribution in [2.24, 2.45) is 0 Å². The second-order valence-corrected chi connectivity index (χ2v) is 7.91. The lowest BCUT2D eigenvalue weighted by Gasteiger charge is -2.21. The predicted octanol–water partition coefficient (Wildman–Crippen LogP) is 5.80. The first kappa shape index (κ1) is 21.2. The summed E-state index contributed by atoms with van der Waals surface area (Å²) in [6.45, 7) is 13.0. The van der Waals surface area contributed by atoms with Gasteiger partial charge in [-0.05, 0) is 70.2 Å². The number of hydrogen-bond acceptors (Lipinski definition) is 4. The number of carbonyl (C=O) groups excluding carboxylic acids is 1. The molecule has 0 atom stereocenters. The summed E-state index contributed by atoms with van der Waals surface area (Å²) in [5, 5.41) is 0. The zero-order chi connectivity index (χ0) is 21.1. The molecule has 2 heterocycles. The molecule has 5 heteroatoms. The van der Waals surface area contributed by atoms with Gasteiger partial charge in [-0.2, -0.15) is 0 Å². The van der Waals surface area contributed by atoms with E-state index in [1.807, 2.05) is 50.8 Å². The molecule has 1 aromatic carbocycles. The Labute approximate surface area is 174 Å². The molecule has 1 saturated heterocycles. The van der Waals surface area contributed by atoms with Gasteiger partial charge >= 0.3 is 0 Å². The van der Waals surface area contributed by atoms with Crippen LogP contribution < -0.4 is 14.4 Å². The Morgan fingerprint density at radius 1 is 1.07 bits per heavy atom. The standard InChI is InChI=1S/C24H32N2O3/c1-7-20(8-2)28-21-14-17(5)25-24(18(21)6)29-23-15(3)12-19(13-16(23)4)26-11-9-10-22(26)27/h12-14,20H,7-11H2,1-6H3. The maximum absolute atomic E-state index is 12.1. The van der Waals surface area contributed by atoms with Gasteiger partial charge < -0.3 is 14.4 Å². The van der Waals surface area contributed by atoms with Crippen LogP contribution in [0.2, 0.25) is 0 Å². The Morgan fingerprint density at radius 3 is 2.28 bits per heavy atom. The molecule has 156 valence electrons. The van der Waals surface area contributed by atoms with Crippen LogP contribution in [0.25, 0.3) is 0 Å². The highest BCUT2D eigenvalue weighted by atomic mass is 16.5. The second-order valence-electron chi connectivity index (χ2n) is 7.91. The number of carbonyl (C=O) groups is 1. The van der Waals surface area contributed by atoms with Gasteiger partial charge in [0, 0.05) is 30.4 Å². The number of aryl methyl sites for hydroxylation is 3. The highest BCUT2D eigenvalue weighted by Crippen LogP contribution is 2.37. The maximum Gasteiger partial charge on any atom is 0.227 e. The van der Waals surface area contributed by atoms with Crippen LogP contribution in [0, 0.1) is 27.7 Å². The maximum atomic E-state index is 12.1. The number of amides is 1. The smallest absolute Gasteiger partial charge is 0.227 e. The zero-order valence-electron chi connectivity index (χ0n) is 18.5. The molecule has 1 amide bonds. The van der Waals surface area contributed by atoms with E-state index in [1.165, 1.54) is 0 Å². The second kappa shape index (κ2) is 8.85. The summed E-state index contributed by atoms with van der Waals surface area (Å²) in [5.41, 5.74) is 4.69. The summed E-state index contributed by atoms with van der Waals surface area (Å²) in [4.78, 5) is 18.6. The average molecular weight is 397 g/mol. The minimum absolute atomic E-state index is 0.184. The summed E-state index contributed by atoms with van der Waals surface area (Å²) in [5.74, 6) is 2.38. The van der Waals surface area contributed by atoms with Crippen molar-refractivity contribution < 1.29 is 14.3 Å². The van der Waals surface area contributed by atoms with Crippen LogP contribution >= 0.6 is 0 Å². The molecule has 2 aromatic rings. The molecular formula is C24H32N2O3. The van der Waals surface area contributed by atoms with Crippen LogP contribution in [0.1, 0.15) is 61.9 Å². The fourth-order valence-electron chi connectivity index (χ4n) is 3.80. The zero-order valence-corrected chi connectivity index (χ0v) is 18.5. The number of rotatable bonds is 7. The lowest BCUT2D eigenvalue weighted by molar-refractivity contribution is -0.117. The van der Waals surface area contributed by atoms with Gasteiger partial charge in [0.05, 0.1) is 11.7 Å². The number of hydrogen-bond donors (Lipinski definition) is 0. The normalized spacial score (nSPS) is 14.0. The van der Waals surface area contributed by atoms with E-state index in [1.54, 1.807) is 0 Å². The fourth-order valence-corrected chi connectivity index (χ4v) is 3.80. The quantitative estimate of drug-likeness (QED) is 0.593. The molecule has 1 aliphatic heterocycles. The Bertz CT molecular complexity index is 880. The molecule has 5 nitrogen and oxygen atoms in total. The monoisotopic (exact) mass is 396 g/mol. The summed E-state index contributed by atoms with van der Waals surface area (Å²) in [6.07, 6.45) is 3.65. The molecule has 1 aromatic heterocycles. The molecule has 0 aliphatic carbocycles. The van der Waals surface area contributed by atoms with Crippen molar-refractivity contribution in [1.82, 2.24) is 4.98 Å². The van der Waals surface area contributed by atoms with Gasteiger partial charge in [-0.3, -0.25) is 4.79 Å². The number of anilines is 1. The van der Waals surface area contributed by atoms with Crippen molar-refractivity contribution in [3.8, 4) is 17.4 Å². The number of ether oxygens (including phenoxy) is 2. The lowest BCUT2D eigenvalue weighted by atomic mass is 10.1. The van der Waals surface area contributed by atoms with Gasteiger partial charge in [-0.25, -0.2) is 4.98 Å². The number of aromatic nitrogens is 1. The van der Waals surface area contributed by atoms with E-state index in [0.717, 1.165) is 65.4 Å². The van der Waals surface area contributed by atoms with Gasteiger partial charge in [0.15, 0.2) is 0 Å². The van der Waals surface area contributed by atoms with Gasteiger partial charge in [0.25, 0.3) is 0 Å². The van der Waals surface area contributed by atoms with Gasteiger partial charge in [0.2, 0.25) is 11.8 Å². The van der Waals surface area contributed by atoms with Crippen LogP contribution in [-0.2, 0) is 4.79 Å². The Balaban J connectivity index is 1.91. The molecule has 0 N–H and O–H groups in total. The van der Waals surface area contributed by atoms with Gasteiger partial charge in [-0.15, -0.1) is 0 Å². The summed E-state index contributed by atoms with van der Waals surface area (Å²) in [6, 6.07) is 6.03. The number of benzene rings is 1. The van der Waals surface area contributed by atoms with E-state index in [4.69, 9.17) is 9.47 Å². The first-order chi connectivity index (χ1) is 13.8. The molecule has 0 saturated carbocycles. The minimum atomic E-state index is 0.184. The van der Waals surface area contributed by atoms with Crippen LogP contribution in [0.5, 0.6) is 17.4 Å². The van der Waals surface area contributed by atoms with Crippen LogP contribution in [0.4, 0.5) is 5.69 Å². The first-order valence-electron chi connectivity index (χ1n) is 10.6. The van der Waals surface area contributed by atoms with Crippen LogP contribution in [-0.4, -0.2) is 23.5 Å². The van der Waals surface area contributed by atoms with Crippen LogP contribution in [0.15, 0.2) is 18.2 Å². The molecule has 0 unspecified atom stereocenters. The molecule has 1 fully saturated rings. The summed E-state index contributed by atoms with van der Waals surface area (Å²) >= 11 is 0. The van der Waals surface area contributed by atoms with E-state index in [9.17, 15) is 4.79 Å². The SMILES string of the molecule is CCC(CC)Oc1cc(C)nc(Oc2c(C)cc(N3CCCC3=O)cc2C)c1C. The molecular weight excluding hydrogens is 364 g/mol. The van der Waals surface area contributed by atoms with E-state index in [-0.39, 0.29) is 12.0 Å². The average Bonchev–Trinajstić information content (AvgIpc) is 3.11. The highest BCUT2D eigenvalue weighted by Gasteiger charge is 2.23. The Hall–Kier alpha value is -2.56. The minimum Gasteiger partial charge on any atom is -0.490 e.